The van der Waals surface area contributed by atoms with Gasteiger partial charge in [-0.05, 0) is 35.0 Å². The van der Waals surface area contributed by atoms with Gasteiger partial charge < -0.3 is 20.4 Å². The number of fused-ring (bicyclic) bond motifs is 5. The predicted molar refractivity (Wildman–Crippen MR) is 95.3 cm³/mol. The number of hydrogen-bond donors (Lipinski definition) is 4. The molecule has 6 nitrogen and oxygen atoms in total. The molecule has 2 aromatic carbocycles. The van der Waals surface area contributed by atoms with E-state index in [0.717, 1.165) is 0 Å². The van der Waals surface area contributed by atoms with Crippen LogP contribution in [-0.4, -0.2) is 26.2 Å². The van der Waals surface area contributed by atoms with E-state index in [1.54, 1.807) is 6.07 Å². The maximum absolute atomic E-state index is 12.7. The molecule has 26 heavy (non-hydrogen) atoms. The predicted octanol–water partition coefficient (Wildman–Crippen LogP) is 2.37. The fourth-order valence-electron chi connectivity index (χ4n) is 4.16. The fraction of sp³-hybridized carbons (Fsp3) is 0.100. The Kier molecular flexibility index (Phi) is 2.58. The second-order valence-electron chi connectivity index (χ2n) is 6.56. The minimum Gasteiger partial charge on any atom is -0.512 e. The number of aliphatic hydroxyl groups is 1. The Bertz CT molecular complexity index is 1340. The Morgan fingerprint density at radius 1 is 0.692 bits per heavy atom. The number of Topliss-reactive ketones (excluding diaryl/α,β-unsaturated/α-hetero) is 1. The number of aromatic hydroxyl groups is 3. The van der Waals surface area contributed by atoms with Crippen molar-refractivity contribution < 1.29 is 25.2 Å². The molecule has 0 unspecified atom stereocenters. The molecule has 0 spiro atoms. The first-order chi connectivity index (χ1) is 12.4. The van der Waals surface area contributed by atoms with Gasteiger partial charge in [-0.15, -0.1) is 0 Å². The van der Waals surface area contributed by atoms with Gasteiger partial charge in [-0.3, -0.25) is 9.59 Å². The summed E-state index contributed by atoms with van der Waals surface area (Å²) in [6.07, 6.45) is 0.121. The Hall–Kier alpha value is -3.54. The smallest absolute Gasteiger partial charge is 0.232 e. The van der Waals surface area contributed by atoms with Crippen LogP contribution < -0.4 is 10.6 Å². The van der Waals surface area contributed by atoms with Gasteiger partial charge in [0.05, 0.1) is 10.6 Å². The third kappa shape index (κ3) is 1.52. The van der Waals surface area contributed by atoms with Gasteiger partial charge in [-0.1, -0.05) is 0 Å². The summed E-state index contributed by atoms with van der Waals surface area (Å²) in [4.78, 5) is 25.3. The highest BCUT2D eigenvalue weighted by atomic mass is 16.3. The zero-order chi connectivity index (χ0) is 18.3. The second kappa shape index (κ2) is 4.54. The van der Waals surface area contributed by atoms with Crippen molar-refractivity contribution in [1.29, 1.82) is 0 Å². The molecule has 0 amide bonds. The lowest BCUT2D eigenvalue weighted by Crippen LogP contribution is -2.36. The summed E-state index contributed by atoms with van der Waals surface area (Å²) in [6, 6.07) is 5.87. The number of ketones is 1. The zero-order valence-corrected chi connectivity index (χ0v) is 13.3. The average Bonchev–Trinajstić information content (AvgIpc) is 2.94. The topological polar surface area (TPSA) is 115 Å². The van der Waals surface area contributed by atoms with Gasteiger partial charge in [0.25, 0.3) is 0 Å². The fourth-order valence-corrected chi connectivity index (χ4v) is 4.16. The van der Waals surface area contributed by atoms with Crippen molar-refractivity contribution in [2.75, 3.05) is 0 Å². The van der Waals surface area contributed by atoms with E-state index in [1.165, 1.54) is 18.2 Å². The van der Waals surface area contributed by atoms with Gasteiger partial charge in [0.2, 0.25) is 5.43 Å². The molecule has 2 aromatic rings. The molecule has 0 fully saturated rings. The molecule has 3 aliphatic rings. The van der Waals surface area contributed by atoms with E-state index in [2.05, 4.69) is 0 Å². The minimum absolute atomic E-state index is 0.0536. The summed E-state index contributed by atoms with van der Waals surface area (Å²) in [7, 11) is 0. The molecule has 0 aliphatic heterocycles. The first-order valence-electron chi connectivity index (χ1n) is 8.08. The van der Waals surface area contributed by atoms with Crippen molar-refractivity contribution in [3.05, 3.63) is 45.3 Å². The molecule has 4 N–H and O–H groups in total. The molecule has 6 heteroatoms. The quantitative estimate of drug-likeness (QED) is 0.388. The molecule has 128 valence electrons. The van der Waals surface area contributed by atoms with Crippen LogP contribution >= 0.6 is 0 Å². The van der Waals surface area contributed by atoms with E-state index in [1.807, 2.05) is 0 Å². The normalized spacial score (nSPS) is 14.6. The Labute approximate surface area is 145 Å². The molecule has 0 bridgehead atoms. The maximum atomic E-state index is 12.7. The van der Waals surface area contributed by atoms with Crippen molar-refractivity contribution in [1.82, 2.24) is 0 Å². The minimum atomic E-state index is -0.789. The molecule has 0 aromatic heterocycles. The van der Waals surface area contributed by atoms with Crippen molar-refractivity contribution in [2.45, 2.75) is 12.8 Å². The van der Waals surface area contributed by atoms with E-state index in [-0.39, 0.29) is 57.6 Å². The van der Waals surface area contributed by atoms with Gasteiger partial charge in [-0.25, -0.2) is 0 Å². The van der Waals surface area contributed by atoms with E-state index < -0.39 is 11.2 Å². The van der Waals surface area contributed by atoms with Crippen molar-refractivity contribution >= 4 is 33.1 Å². The number of carbonyl (C=O) groups is 1. The lowest BCUT2D eigenvalue weighted by Gasteiger charge is -2.16. The molecule has 0 saturated carbocycles. The van der Waals surface area contributed by atoms with Crippen LogP contribution in [-0.2, 0) is 0 Å². The molecule has 0 atom stereocenters. The van der Waals surface area contributed by atoms with Crippen LogP contribution in [0.2, 0.25) is 0 Å². The van der Waals surface area contributed by atoms with Gasteiger partial charge in [0.1, 0.15) is 17.3 Å². The van der Waals surface area contributed by atoms with Crippen LogP contribution in [0, 0.1) is 0 Å². The molecule has 0 radical (unpaired) electrons. The Morgan fingerprint density at radius 3 is 1.96 bits per heavy atom. The number of hydrogen-bond acceptors (Lipinski definition) is 6. The van der Waals surface area contributed by atoms with Gasteiger partial charge >= 0.3 is 0 Å². The Balaban J connectivity index is 2.23. The SMILES string of the molecule is O=C1CCC(O)=c2c1c1c3ccc(O)c4c(O)ccc(c-1c(O)c2=O)c34. The lowest BCUT2D eigenvalue weighted by molar-refractivity contribution is 0.0977. The van der Waals surface area contributed by atoms with E-state index in [0.29, 0.717) is 21.7 Å². The lowest BCUT2D eigenvalue weighted by atomic mass is 9.87. The van der Waals surface area contributed by atoms with Gasteiger partial charge in [0.15, 0.2) is 11.5 Å². The van der Waals surface area contributed by atoms with Crippen molar-refractivity contribution in [2.24, 2.45) is 0 Å². The molecular formula is C20H12O6. The number of phenolic OH excluding ortho intramolecular Hbond substituents is 3. The highest BCUT2D eigenvalue weighted by Crippen LogP contribution is 2.50. The largest absolute Gasteiger partial charge is 0.512 e. The van der Waals surface area contributed by atoms with Crippen LogP contribution in [0.25, 0.3) is 38.4 Å². The molecule has 3 aliphatic carbocycles. The monoisotopic (exact) mass is 348 g/mol. The number of rotatable bonds is 0. The molecule has 0 saturated heterocycles. The highest BCUT2D eigenvalue weighted by Gasteiger charge is 2.33. The third-order valence-corrected chi connectivity index (χ3v) is 5.24. The third-order valence-electron chi connectivity index (χ3n) is 5.24. The van der Waals surface area contributed by atoms with Crippen LogP contribution in [0.5, 0.6) is 17.2 Å². The number of phenols is 3. The maximum Gasteiger partial charge on any atom is 0.232 e. The zero-order valence-electron chi connectivity index (χ0n) is 13.3. The average molecular weight is 348 g/mol. The van der Waals surface area contributed by atoms with Crippen LogP contribution in [0.1, 0.15) is 23.2 Å². The van der Waals surface area contributed by atoms with Gasteiger partial charge in [0, 0.05) is 34.9 Å². The molecular weight excluding hydrogens is 336 g/mol. The van der Waals surface area contributed by atoms with E-state index in [9.17, 15) is 30.0 Å². The van der Waals surface area contributed by atoms with Gasteiger partial charge in [-0.2, -0.15) is 0 Å². The van der Waals surface area contributed by atoms with Crippen molar-refractivity contribution in [3.8, 4) is 28.4 Å². The van der Waals surface area contributed by atoms with Crippen LogP contribution in [0.15, 0.2) is 29.1 Å². The first kappa shape index (κ1) is 14.8. The number of aliphatic hydroxyl groups excluding tert-OH is 1. The molecule has 0 heterocycles. The van der Waals surface area contributed by atoms with Crippen LogP contribution in [0.3, 0.4) is 0 Å². The summed E-state index contributed by atoms with van der Waals surface area (Å²) in [6.45, 7) is 0. The summed E-state index contributed by atoms with van der Waals surface area (Å²) in [5, 5.41) is 42.6. The molecule has 5 rings (SSSR count). The summed E-state index contributed by atoms with van der Waals surface area (Å²) in [5.41, 5.74) is -0.141. The first-order valence-corrected chi connectivity index (χ1v) is 8.08. The van der Waals surface area contributed by atoms with Crippen molar-refractivity contribution in [3.63, 3.8) is 0 Å². The number of benzene rings is 3. The van der Waals surface area contributed by atoms with E-state index in [4.69, 9.17) is 0 Å². The second-order valence-corrected chi connectivity index (χ2v) is 6.56. The van der Waals surface area contributed by atoms with E-state index >= 15 is 0 Å². The highest BCUT2D eigenvalue weighted by molar-refractivity contribution is 6.29. The Morgan fingerprint density at radius 2 is 1.31 bits per heavy atom. The summed E-state index contributed by atoms with van der Waals surface area (Å²) >= 11 is 0. The number of carbonyl (C=O) groups excluding carboxylic acids is 1. The summed E-state index contributed by atoms with van der Waals surface area (Å²) in [5.74, 6) is -1.34. The standard InChI is InChI=1S/C20H12O6/c21-9-3-1-7-13-8(2-4-10(22)16(9)13)15-14(7)17-11(23)5-6-12(24)18(17)20(26)19(15)25/h1-4,21-22,24-25H,5-6H2. The van der Waals surface area contributed by atoms with Crippen LogP contribution in [0.4, 0.5) is 0 Å². The summed E-state index contributed by atoms with van der Waals surface area (Å²) < 4.78 is 0.